The number of aromatic nitrogens is 2. The van der Waals surface area contributed by atoms with Crippen LogP contribution in [0.2, 0.25) is 0 Å². The summed E-state index contributed by atoms with van der Waals surface area (Å²) in [5.74, 6) is 0. The second-order valence-corrected chi connectivity index (χ2v) is 14.6. The Labute approximate surface area is 325 Å². The highest BCUT2D eigenvalue weighted by Crippen LogP contribution is 2.40. The predicted octanol–water partition coefficient (Wildman–Crippen LogP) is 14.5. The summed E-state index contributed by atoms with van der Waals surface area (Å²) in [7, 11) is 0. The lowest BCUT2D eigenvalue weighted by Gasteiger charge is -2.11. The van der Waals surface area contributed by atoms with Crippen molar-refractivity contribution >= 4 is 43.6 Å². The summed E-state index contributed by atoms with van der Waals surface area (Å²) in [5.41, 5.74) is 16.8. The summed E-state index contributed by atoms with van der Waals surface area (Å²) < 4.78 is 4.80. The Morgan fingerprint density at radius 1 is 0.196 bits per heavy atom. The van der Waals surface area contributed by atoms with Crippen LogP contribution in [0.25, 0.3) is 99.5 Å². The van der Waals surface area contributed by atoms with Gasteiger partial charge in [-0.2, -0.15) is 0 Å². The third-order valence-electron chi connectivity index (χ3n) is 11.3. The number of nitrogens with zero attached hydrogens (tertiary/aromatic N) is 2. The predicted molar refractivity (Wildman–Crippen MR) is 237 cm³/mol. The molecule has 0 unspecified atom stereocenters. The molecule has 2 nitrogen and oxygen atoms in total. The molecule has 0 saturated heterocycles. The lowest BCUT2D eigenvalue weighted by Crippen LogP contribution is -1.94. The molecule has 11 aromatic rings. The van der Waals surface area contributed by atoms with Gasteiger partial charge in [0.2, 0.25) is 0 Å². The van der Waals surface area contributed by atoms with Crippen LogP contribution in [0.15, 0.2) is 218 Å². The van der Waals surface area contributed by atoms with Gasteiger partial charge in [0.1, 0.15) is 0 Å². The fourth-order valence-electron chi connectivity index (χ4n) is 8.61. The molecule has 0 amide bonds. The molecule has 11 rings (SSSR count). The van der Waals surface area contributed by atoms with Crippen LogP contribution < -0.4 is 0 Å². The lowest BCUT2D eigenvalue weighted by atomic mass is 9.99. The van der Waals surface area contributed by atoms with Crippen LogP contribution in [0.4, 0.5) is 0 Å². The SMILES string of the molecule is c1ccc(-c2cccc(-c3ccc(-n4c5ccccc5c5cc(-c6ccc7c(c6)c6cc(-c8ccccc8)ccc6n7-c6ccccc6)ccc54)cc3)c2)cc1. The van der Waals surface area contributed by atoms with Gasteiger partial charge in [0.15, 0.2) is 0 Å². The maximum atomic E-state index is 2.40. The van der Waals surface area contributed by atoms with Gasteiger partial charge in [-0.3, -0.25) is 0 Å². The van der Waals surface area contributed by atoms with E-state index in [1.165, 1.54) is 88.1 Å². The number of benzene rings is 9. The van der Waals surface area contributed by atoms with Gasteiger partial charge in [-0.25, -0.2) is 0 Å². The third-order valence-corrected chi connectivity index (χ3v) is 11.3. The second kappa shape index (κ2) is 13.2. The van der Waals surface area contributed by atoms with E-state index in [1.54, 1.807) is 0 Å². The smallest absolute Gasteiger partial charge is 0.0541 e. The number of fused-ring (bicyclic) bond motifs is 6. The molecule has 0 aliphatic heterocycles. The Bertz CT molecular complexity index is 3210. The van der Waals surface area contributed by atoms with E-state index in [-0.39, 0.29) is 0 Å². The minimum Gasteiger partial charge on any atom is -0.309 e. The standard InChI is InChI=1S/C54H36N2/c1-4-13-37(14-5-1)40-17-12-18-41(33-40)39-23-28-46(29-24-39)56-51-22-11-10-21-47(51)48-35-43(26-31-52(48)56)44-27-32-54-50(36-44)49-34-42(38-15-6-2-7-16-38)25-30-53(49)55(54)45-19-8-3-9-20-45/h1-36H. The molecular formula is C54H36N2. The molecule has 262 valence electrons. The molecule has 2 heteroatoms. The van der Waals surface area contributed by atoms with Crippen LogP contribution in [0, 0.1) is 0 Å². The highest BCUT2D eigenvalue weighted by Gasteiger charge is 2.17. The second-order valence-electron chi connectivity index (χ2n) is 14.6. The fraction of sp³-hybridized carbons (Fsp3) is 0. The number of hydrogen-bond donors (Lipinski definition) is 0. The first-order valence-corrected chi connectivity index (χ1v) is 19.3. The first-order chi connectivity index (χ1) is 27.8. The van der Waals surface area contributed by atoms with Crippen molar-refractivity contribution in [2.45, 2.75) is 0 Å². The van der Waals surface area contributed by atoms with Crippen LogP contribution in [-0.4, -0.2) is 9.13 Å². The first kappa shape index (κ1) is 32.0. The van der Waals surface area contributed by atoms with Crippen molar-refractivity contribution in [3.05, 3.63) is 218 Å². The molecule has 0 saturated carbocycles. The van der Waals surface area contributed by atoms with Gasteiger partial charge in [0, 0.05) is 32.9 Å². The third kappa shape index (κ3) is 5.34. The zero-order chi connectivity index (χ0) is 37.0. The highest BCUT2D eigenvalue weighted by atomic mass is 15.0. The zero-order valence-electron chi connectivity index (χ0n) is 30.7. The summed E-state index contributed by atoms with van der Waals surface area (Å²) >= 11 is 0. The number of rotatable bonds is 6. The van der Waals surface area contributed by atoms with Gasteiger partial charge < -0.3 is 9.13 Å². The molecule has 0 fully saturated rings. The van der Waals surface area contributed by atoms with Crippen molar-refractivity contribution in [2.24, 2.45) is 0 Å². The topological polar surface area (TPSA) is 9.86 Å². The molecule has 2 aromatic heterocycles. The van der Waals surface area contributed by atoms with Gasteiger partial charge in [0.05, 0.1) is 22.1 Å². The van der Waals surface area contributed by atoms with Gasteiger partial charge in [-0.1, -0.05) is 146 Å². The average Bonchev–Trinajstić information content (AvgIpc) is 3.79. The summed E-state index contributed by atoms with van der Waals surface area (Å²) in [5, 5.41) is 4.99. The van der Waals surface area contributed by atoms with Crippen molar-refractivity contribution in [2.75, 3.05) is 0 Å². The van der Waals surface area contributed by atoms with E-state index in [0.29, 0.717) is 0 Å². The first-order valence-electron chi connectivity index (χ1n) is 19.3. The van der Waals surface area contributed by atoms with Gasteiger partial charge in [-0.05, 0) is 117 Å². The Balaban J connectivity index is 1.02. The summed E-state index contributed by atoms with van der Waals surface area (Å²) in [6, 6.07) is 79.4. The van der Waals surface area contributed by atoms with E-state index in [9.17, 15) is 0 Å². The number of hydrogen-bond acceptors (Lipinski definition) is 0. The molecule has 0 N–H and O–H groups in total. The highest BCUT2D eigenvalue weighted by molar-refractivity contribution is 6.13. The maximum Gasteiger partial charge on any atom is 0.0541 e. The van der Waals surface area contributed by atoms with Gasteiger partial charge in [-0.15, -0.1) is 0 Å². The normalized spacial score (nSPS) is 11.6. The molecule has 0 spiro atoms. The van der Waals surface area contributed by atoms with Crippen molar-refractivity contribution in [3.8, 4) is 55.9 Å². The summed E-state index contributed by atoms with van der Waals surface area (Å²) in [6.45, 7) is 0. The molecule has 0 aliphatic carbocycles. The molecule has 0 bridgehead atoms. The van der Waals surface area contributed by atoms with Crippen LogP contribution in [0.3, 0.4) is 0 Å². The van der Waals surface area contributed by atoms with E-state index in [4.69, 9.17) is 0 Å². The molecule has 0 aliphatic rings. The lowest BCUT2D eigenvalue weighted by molar-refractivity contribution is 1.18. The minimum absolute atomic E-state index is 1.15. The zero-order valence-corrected chi connectivity index (χ0v) is 30.7. The van der Waals surface area contributed by atoms with Crippen LogP contribution in [0.1, 0.15) is 0 Å². The van der Waals surface area contributed by atoms with E-state index in [0.717, 1.165) is 11.4 Å². The quantitative estimate of drug-likeness (QED) is 0.162. The largest absolute Gasteiger partial charge is 0.309 e. The molecule has 0 radical (unpaired) electrons. The van der Waals surface area contributed by atoms with E-state index in [2.05, 4.69) is 228 Å². The van der Waals surface area contributed by atoms with Crippen LogP contribution in [0.5, 0.6) is 0 Å². The minimum atomic E-state index is 1.15. The van der Waals surface area contributed by atoms with E-state index < -0.39 is 0 Å². The Hall–Kier alpha value is -7.42. The van der Waals surface area contributed by atoms with Crippen molar-refractivity contribution in [1.29, 1.82) is 0 Å². The molecule has 2 heterocycles. The monoisotopic (exact) mass is 712 g/mol. The molecule has 9 aromatic carbocycles. The van der Waals surface area contributed by atoms with Gasteiger partial charge in [0.25, 0.3) is 0 Å². The Morgan fingerprint density at radius 3 is 1.07 bits per heavy atom. The average molecular weight is 713 g/mol. The van der Waals surface area contributed by atoms with Crippen molar-refractivity contribution in [1.82, 2.24) is 9.13 Å². The van der Waals surface area contributed by atoms with E-state index >= 15 is 0 Å². The summed E-state index contributed by atoms with van der Waals surface area (Å²) in [4.78, 5) is 0. The Morgan fingerprint density at radius 2 is 0.536 bits per heavy atom. The maximum absolute atomic E-state index is 2.40. The van der Waals surface area contributed by atoms with E-state index in [1.807, 2.05) is 0 Å². The number of para-hydroxylation sites is 2. The summed E-state index contributed by atoms with van der Waals surface area (Å²) in [6.07, 6.45) is 0. The molecule has 56 heavy (non-hydrogen) atoms. The van der Waals surface area contributed by atoms with Gasteiger partial charge >= 0.3 is 0 Å². The van der Waals surface area contributed by atoms with Crippen LogP contribution >= 0.6 is 0 Å². The Kier molecular flexibility index (Phi) is 7.53. The van der Waals surface area contributed by atoms with Crippen molar-refractivity contribution in [3.63, 3.8) is 0 Å². The molecule has 0 atom stereocenters. The fourth-order valence-corrected chi connectivity index (χ4v) is 8.61. The van der Waals surface area contributed by atoms with Crippen molar-refractivity contribution < 1.29 is 0 Å². The molecular weight excluding hydrogens is 677 g/mol. The van der Waals surface area contributed by atoms with Crippen LogP contribution in [-0.2, 0) is 0 Å².